The first-order valence-corrected chi connectivity index (χ1v) is 21.2. The molecule has 2 heterocycles. The van der Waals surface area contributed by atoms with Crippen molar-refractivity contribution in [1.82, 2.24) is 19.2 Å². The zero-order valence-corrected chi connectivity index (χ0v) is 31.6. The minimum absolute atomic E-state index is 0.0348. The molecule has 0 aliphatic carbocycles. The minimum Gasteiger partial charge on any atom is -0.598 e. The van der Waals surface area contributed by atoms with Crippen molar-refractivity contribution < 1.29 is 45.9 Å². The van der Waals surface area contributed by atoms with Gasteiger partial charge in [-0.05, 0) is 58.9 Å². The Bertz CT molecular complexity index is 1660. The van der Waals surface area contributed by atoms with Gasteiger partial charge in [-0.1, -0.05) is 37.8 Å². The van der Waals surface area contributed by atoms with Gasteiger partial charge in [0.05, 0.1) is 35.4 Å². The van der Waals surface area contributed by atoms with Crippen molar-refractivity contribution in [3.8, 4) is 0 Å². The Morgan fingerprint density at radius 3 is 2.14 bits per heavy atom. The van der Waals surface area contributed by atoms with E-state index in [1.54, 1.807) is 39.0 Å². The molecule has 1 aromatic heterocycles. The standard InChI is InChI=1S/C34H46F4N4O6SSi/c1-20(48-21(2)34(36,37)38)28(40-49(45)33(3,4)5)30-39-29-25(41(30)19-47-16-17-50(7,8)9)15-14-24(27(29)35)26(18-46-6)42-31(43)22-12-10-11-13-23(22)32(42)44/h10-15,20-21,26,28,40H,16-19H2,1-9H3/t20-,21-,26-,28+,49+/m1/s1. The molecule has 5 atom stereocenters. The summed E-state index contributed by atoms with van der Waals surface area (Å²) in [7, 11) is -0.149. The Morgan fingerprint density at radius 1 is 1.02 bits per heavy atom. The van der Waals surface area contributed by atoms with Gasteiger partial charge in [-0.2, -0.15) is 13.2 Å². The Morgan fingerprint density at radius 2 is 1.62 bits per heavy atom. The van der Waals surface area contributed by atoms with Gasteiger partial charge >= 0.3 is 6.18 Å². The molecular weight excluding hydrogens is 697 g/mol. The Hall–Kier alpha value is -2.86. The second-order valence-electron chi connectivity index (χ2n) is 14.6. The van der Waals surface area contributed by atoms with Crippen molar-refractivity contribution in [2.45, 2.75) is 102 Å². The maximum absolute atomic E-state index is 16.8. The van der Waals surface area contributed by atoms with Crippen LogP contribution in [0, 0.1) is 5.82 Å². The topological polar surface area (TPSA) is 118 Å². The quantitative estimate of drug-likeness (QED) is 0.0587. The smallest absolute Gasteiger partial charge is 0.414 e. The van der Waals surface area contributed by atoms with Crippen LogP contribution >= 0.6 is 0 Å². The van der Waals surface area contributed by atoms with Gasteiger partial charge in [-0.25, -0.2) is 9.37 Å². The van der Waals surface area contributed by atoms with Gasteiger partial charge < -0.3 is 23.3 Å². The number of nitrogens with one attached hydrogen (secondary N) is 1. The van der Waals surface area contributed by atoms with Gasteiger partial charge in [-0.15, -0.1) is 4.72 Å². The second-order valence-corrected chi connectivity index (χ2v) is 22.2. The number of fused-ring (bicyclic) bond motifs is 2. The van der Waals surface area contributed by atoms with Crippen LogP contribution < -0.4 is 4.72 Å². The third kappa shape index (κ3) is 8.77. The molecule has 3 aromatic rings. The molecule has 16 heteroatoms. The van der Waals surface area contributed by atoms with Crippen molar-refractivity contribution in [2.75, 3.05) is 20.3 Å². The first kappa shape index (κ1) is 39.9. The number of halogens is 4. The van der Waals surface area contributed by atoms with E-state index in [0.717, 1.165) is 17.9 Å². The number of rotatable bonds is 15. The molecule has 0 bridgehead atoms. The highest BCUT2D eigenvalue weighted by Crippen LogP contribution is 2.37. The number of hydrogen-bond acceptors (Lipinski definition) is 8. The normalized spacial score (nSPS) is 17.3. The highest BCUT2D eigenvalue weighted by molar-refractivity contribution is 7.90. The van der Waals surface area contributed by atoms with Gasteiger partial charge in [0.2, 0.25) is 0 Å². The van der Waals surface area contributed by atoms with Crippen LogP contribution in [0.4, 0.5) is 17.6 Å². The number of carbonyl (C=O) groups is 2. The third-order valence-electron chi connectivity index (χ3n) is 8.37. The predicted octanol–water partition coefficient (Wildman–Crippen LogP) is 6.92. The molecule has 0 radical (unpaired) electrons. The summed E-state index contributed by atoms with van der Waals surface area (Å²) in [5.74, 6) is -2.04. The SMILES string of the molecule is COC[C@H](c1ccc2c(nc([C@@H](N[S@@+]([O-])C(C)(C)C)[C@@H](C)O[C@H](C)C(F)(F)F)n2COCC[Si](C)(C)C)c1F)N1C(=O)c2ccccc2C1=O. The van der Waals surface area contributed by atoms with Crippen molar-refractivity contribution in [3.05, 3.63) is 64.7 Å². The number of imidazole rings is 1. The maximum Gasteiger partial charge on any atom is 0.414 e. The number of alkyl halides is 3. The summed E-state index contributed by atoms with van der Waals surface area (Å²) in [6, 6.07) is 7.69. The number of imide groups is 1. The van der Waals surface area contributed by atoms with Crippen molar-refractivity contribution >= 4 is 42.3 Å². The van der Waals surface area contributed by atoms with E-state index in [1.165, 1.54) is 36.8 Å². The molecule has 1 aliphatic heterocycles. The molecular formula is C34H46F4N4O6SSi. The average molecular weight is 743 g/mol. The lowest BCUT2D eigenvalue weighted by molar-refractivity contribution is -0.227. The largest absolute Gasteiger partial charge is 0.598 e. The van der Waals surface area contributed by atoms with Crippen LogP contribution in [0.3, 0.4) is 0 Å². The van der Waals surface area contributed by atoms with E-state index >= 15 is 4.39 Å². The number of carbonyl (C=O) groups excluding carboxylic acids is 2. The summed E-state index contributed by atoms with van der Waals surface area (Å²) in [5, 5.41) is 0. The minimum atomic E-state index is -4.68. The van der Waals surface area contributed by atoms with Crippen LogP contribution in [0.15, 0.2) is 36.4 Å². The maximum atomic E-state index is 16.8. The molecule has 2 aromatic carbocycles. The van der Waals surface area contributed by atoms with Gasteiger partial charge in [0.25, 0.3) is 11.8 Å². The molecule has 0 saturated heterocycles. The number of methoxy groups -OCH3 is 1. The zero-order chi connectivity index (χ0) is 37.3. The molecule has 2 amide bonds. The second kappa shape index (κ2) is 15.4. The summed E-state index contributed by atoms with van der Waals surface area (Å²) in [6.45, 7) is 13.9. The average Bonchev–Trinajstić information content (AvgIpc) is 3.50. The molecule has 276 valence electrons. The van der Waals surface area contributed by atoms with Crippen LogP contribution in [0.25, 0.3) is 11.0 Å². The first-order valence-electron chi connectivity index (χ1n) is 16.3. The van der Waals surface area contributed by atoms with Crippen LogP contribution in [0.5, 0.6) is 0 Å². The molecule has 4 rings (SSSR count). The first-order chi connectivity index (χ1) is 23.2. The summed E-state index contributed by atoms with van der Waals surface area (Å²) in [6.07, 6.45) is -8.10. The summed E-state index contributed by atoms with van der Waals surface area (Å²) in [5.41, 5.74) is 0.364. The fourth-order valence-electron chi connectivity index (χ4n) is 5.44. The van der Waals surface area contributed by atoms with E-state index < -0.39 is 72.3 Å². The molecule has 0 fully saturated rings. The van der Waals surface area contributed by atoms with Gasteiger partial charge in [0.15, 0.2) is 11.9 Å². The van der Waals surface area contributed by atoms with E-state index in [-0.39, 0.29) is 46.9 Å². The fourth-order valence-corrected chi connectivity index (χ4v) is 7.08. The number of ether oxygens (including phenoxy) is 3. The Labute approximate surface area is 294 Å². The summed E-state index contributed by atoms with van der Waals surface area (Å²) in [4.78, 5) is 32.4. The molecule has 0 unspecified atom stereocenters. The van der Waals surface area contributed by atoms with Gasteiger partial charge in [0.1, 0.15) is 28.9 Å². The number of aromatic nitrogens is 2. The lowest BCUT2D eigenvalue weighted by Gasteiger charge is -2.32. The van der Waals surface area contributed by atoms with Crippen LogP contribution in [0.1, 0.15) is 78.8 Å². The van der Waals surface area contributed by atoms with Gasteiger partial charge in [-0.3, -0.25) is 14.5 Å². The number of nitrogens with zero attached hydrogens (tertiary/aromatic N) is 3. The van der Waals surface area contributed by atoms with Crippen molar-refractivity contribution in [2.24, 2.45) is 0 Å². The predicted molar refractivity (Wildman–Crippen MR) is 185 cm³/mol. The molecule has 50 heavy (non-hydrogen) atoms. The van der Waals surface area contributed by atoms with E-state index in [9.17, 15) is 27.3 Å². The monoisotopic (exact) mass is 742 g/mol. The van der Waals surface area contributed by atoms with E-state index in [4.69, 9.17) is 14.2 Å². The van der Waals surface area contributed by atoms with E-state index in [2.05, 4.69) is 29.3 Å². The molecule has 1 aliphatic rings. The number of hydrogen-bond donors (Lipinski definition) is 1. The number of amides is 2. The molecule has 1 N–H and O–H groups in total. The van der Waals surface area contributed by atoms with Crippen LogP contribution in [-0.4, -0.2) is 82.3 Å². The molecule has 0 spiro atoms. The van der Waals surface area contributed by atoms with E-state index in [0.29, 0.717) is 6.61 Å². The van der Waals surface area contributed by atoms with Gasteiger partial charge in [0, 0.05) is 38.7 Å². The highest BCUT2D eigenvalue weighted by atomic mass is 32.2. The third-order valence-corrected chi connectivity index (χ3v) is 11.7. The lowest BCUT2D eigenvalue weighted by atomic mass is 10.0. The lowest BCUT2D eigenvalue weighted by Crippen LogP contribution is -2.47. The Kier molecular flexibility index (Phi) is 12.3. The Balaban J connectivity index is 1.87. The highest BCUT2D eigenvalue weighted by Gasteiger charge is 2.44. The summed E-state index contributed by atoms with van der Waals surface area (Å²) < 4.78 is 91.5. The van der Waals surface area contributed by atoms with Crippen molar-refractivity contribution in [1.29, 1.82) is 0 Å². The van der Waals surface area contributed by atoms with Crippen LogP contribution in [0.2, 0.25) is 25.7 Å². The van der Waals surface area contributed by atoms with E-state index in [1.807, 2.05) is 0 Å². The number of benzene rings is 2. The zero-order valence-electron chi connectivity index (χ0n) is 29.8. The van der Waals surface area contributed by atoms with Crippen molar-refractivity contribution in [3.63, 3.8) is 0 Å². The molecule has 0 saturated carbocycles. The van der Waals surface area contributed by atoms with Crippen LogP contribution in [-0.2, 0) is 32.3 Å². The summed E-state index contributed by atoms with van der Waals surface area (Å²) >= 11 is -1.81. The fraction of sp³-hybridized carbons (Fsp3) is 0.559. The molecule has 10 nitrogen and oxygen atoms in total.